The molecule has 0 aromatic rings. The molecule has 0 heteroatoms. The number of rotatable bonds is 4. The molecule has 0 bridgehead atoms. The average Bonchev–Trinajstić information content (AvgIpc) is 3.05. The Morgan fingerprint density at radius 1 is 0.800 bits per heavy atom. The molecule has 0 nitrogen and oxygen atoms in total. The lowest BCUT2D eigenvalue weighted by molar-refractivity contribution is -0.0427. The summed E-state index contributed by atoms with van der Waals surface area (Å²) in [4.78, 5) is 0. The Bertz CT molecular complexity index is 645. The van der Waals surface area contributed by atoms with Crippen LogP contribution in [0.3, 0.4) is 0 Å². The van der Waals surface area contributed by atoms with E-state index in [1.807, 2.05) is 5.57 Å². The minimum absolute atomic E-state index is 0.579. The van der Waals surface area contributed by atoms with E-state index in [0.29, 0.717) is 16.2 Å². The second-order valence-corrected chi connectivity index (χ2v) is 13.8. The third kappa shape index (κ3) is 3.65. The number of hydrogen-bond donors (Lipinski definition) is 0. The van der Waals surface area contributed by atoms with Crippen LogP contribution in [0, 0.1) is 45.8 Å². The molecule has 0 N–H and O–H groups in total. The third-order valence-corrected chi connectivity index (χ3v) is 11.8. The summed E-state index contributed by atoms with van der Waals surface area (Å²) in [6.45, 7) is 10.4. The van der Waals surface area contributed by atoms with Gasteiger partial charge in [0.15, 0.2) is 0 Å². The molecule has 6 atom stereocenters. The van der Waals surface area contributed by atoms with Crippen molar-refractivity contribution in [2.75, 3.05) is 0 Å². The predicted octanol–water partition coefficient (Wildman–Crippen LogP) is 9.34. The largest absolute Gasteiger partial charge is 0.0845 e. The SMILES string of the molecule is CC1(C)CCC(CCCC2CCC3C4CC=C5CCCCC5(C)C4CCC23C)CC1. The lowest BCUT2D eigenvalue weighted by atomic mass is 9.47. The molecule has 4 fully saturated rings. The summed E-state index contributed by atoms with van der Waals surface area (Å²) in [6, 6.07) is 0. The van der Waals surface area contributed by atoms with Gasteiger partial charge < -0.3 is 0 Å². The Kier molecular flexibility index (Phi) is 5.72. The maximum absolute atomic E-state index is 2.75. The Morgan fingerprint density at radius 2 is 1.60 bits per heavy atom. The first-order valence-electron chi connectivity index (χ1n) is 14.0. The van der Waals surface area contributed by atoms with Crippen LogP contribution in [-0.4, -0.2) is 0 Å². The molecule has 5 aliphatic carbocycles. The van der Waals surface area contributed by atoms with E-state index in [1.165, 1.54) is 70.6 Å². The number of fused-ring (bicyclic) bond motifs is 5. The van der Waals surface area contributed by atoms with Crippen molar-refractivity contribution in [3.05, 3.63) is 11.6 Å². The van der Waals surface area contributed by atoms with Crippen molar-refractivity contribution in [2.24, 2.45) is 45.8 Å². The van der Waals surface area contributed by atoms with Crippen LogP contribution in [0.25, 0.3) is 0 Å². The van der Waals surface area contributed by atoms with Crippen LogP contribution in [0.2, 0.25) is 0 Å². The molecule has 30 heavy (non-hydrogen) atoms. The summed E-state index contributed by atoms with van der Waals surface area (Å²) < 4.78 is 0. The molecule has 4 saturated carbocycles. The van der Waals surface area contributed by atoms with E-state index >= 15 is 0 Å². The molecule has 0 amide bonds. The van der Waals surface area contributed by atoms with Gasteiger partial charge in [0.25, 0.3) is 0 Å². The molecule has 6 unspecified atom stereocenters. The lowest BCUT2D eigenvalue weighted by Crippen LogP contribution is -2.49. The summed E-state index contributed by atoms with van der Waals surface area (Å²) in [5.74, 6) is 5.15. The first-order chi connectivity index (χ1) is 14.3. The zero-order chi connectivity index (χ0) is 21.0. The highest BCUT2D eigenvalue weighted by atomic mass is 14.6. The van der Waals surface area contributed by atoms with Crippen molar-refractivity contribution in [3.63, 3.8) is 0 Å². The standard InChI is InChI=1S/C30H50/c1-28(2)19-15-22(16-20-28)8-7-10-24-12-14-26-25-13-11-23-9-5-6-18-29(23,3)27(25)17-21-30(24,26)4/h11,22,24-27H,5-10,12-21H2,1-4H3. The van der Waals surface area contributed by atoms with Crippen molar-refractivity contribution in [1.29, 1.82) is 0 Å². The molecule has 0 aromatic heterocycles. The zero-order valence-electron chi connectivity index (χ0n) is 20.8. The number of allylic oxidation sites excluding steroid dienone is 2. The second kappa shape index (κ2) is 7.95. The van der Waals surface area contributed by atoms with Gasteiger partial charge in [0, 0.05) is 0 Å². The van der Waals surface area contributed by atoms with Crippen molar-refractivity contribution in [3.8, 4) is 0 Å². The van der Waals surface area contributed by atoms with Gasteiger partial charge in [0.05, 0.1) is 0 Å². The van der Waals surface area contributed by atoms with E-state index in [0.717, 1.165) is 29.6 Å². The highest BCUT2D eigenvalue weighted by molar-refractivity contribution is 5.24. The van der Waals surface area contributed by atoms with Crippen molar-refractivity contribution >= 4 is 0 Å². The first-order valence-corrected chi connectivity index (χ1v) is 14.0. The highest BCUT2D eigenvalue weighted by Gasteiger charge is 2.57. The summed E-state index contributed by atoms with van der Waals surface area (Å²) in [5.41, 5.74) is 3.76. The summed E-state index contributed by atoms with van der Waals surface area (Å²) >= 11 is 0. The number of hydrogen-bond acceptors (Lipinski definition) is 0. The quantitative estimate of drug-likeness (QED) is 0.405. The Balaban J connectivity index is 1.20. The highest BCUT2D eigenvalue weighted by Crippen LogP contribution is 2.66. The van der Waals surface area contributed by atoms with Crippen molar-refractivity contribution in [1.82, 2.24) is 0 Å². The van der Waals surface area contributed by atoms with Gasteiger partial charge >= 0.3 is 0 Å². The van der Waals surface area contributed by atoms with Gasteiger partial charge in [-0.15, -0.1) is 0 Å². The molecule has 0 saturated heterocycles. The van der Waals surface area contributed by atoms with Crippen LogP contribution < -0.4 is 0 Å². The molecule has 0 spiro atoms. The fourth-order valence-electron chi connectivity index (χ4n) is 9.68. The van der Waals surface area contributed by atoms with Gasteiger partial charge in [0.2, 0.25) is 0 Å². The molecule has 170 valence electrons. The normalized spacial score (nSPS) is 45.9. The predicted molar refractivity (Wildman–Crippen MR) is 129 cm³/mol. The minimum atomic E-state index is 0.579. The van der Waals surface area contributed by atoms with Crippen LogP contribution in [0.15, 0.2) is 11.6 Å². The maximum atomic E-state index is 2.75. The van der Waals surface area contributed by atoms with E-state index in [-0.39, 0.29) is 0 Å². The third-order valence-electron chi connectivity index (χ3n) is 11.8. The monoisotopic (exact) mass is 410 g/mol. The fraction of sp³-hybridized carbons (Fsp3) is 0.933. The molecule has 5 rings (SSSR count). The summed E-state index contributed by atoms with van der Waals surface area (Å²) in [6.07, 6.45) is 26.8. The van der Waals surface area contributed by atoms with E-state index in [9.17, 15) is 0 Å². The molecule has 0 radical (unpaired) electrons. The van der Waals surface area contributed by atoms with E-state index in [1.54, 1.807) is 32.1 Å². The Labute approximate surface area is 188 Å². The summed E-state index contributed by atoms with van der Waals surface area (Å²) in [5, 5.41) is 0. The molecule has 0 aromatic carbocycles. The van der Waals surface area contributed by atoms with Crippen LogP contribution in [0.1, 0.15) is 130 Å². The average molecular weight is 411 g/mol. The van der Waals surface area contributed by atoms with Crippen molar-refractivity contribution in [2.45, 2.75) is 130 Å². The molecule has 0 heterocycles. The van der Waals surface area contributed by atoms with Gasteiger partial charge in [-0.2, -0.15) is 0 Å². The van der Waals surface area contributed by atoms with Crippen LogP contribution in [-0.2, 0) is 0 Å². The van der Waals surface area contributed by atoms with Gasteiger partial charge in [-0.05, 0) is 129 Å². The van der Waals surface area contributed by atoms with Gasteiger partial charge in [-0.1, -0.05) is 58.6 Å². The summed E-state index contributed by atoms with van der Waals surface area (Å²) in [7, 11) is 0. The minimum Gasteiger partial charge on any atom is -0.0845 e. The van der Waals surface area contributed by atoms with E-state index < -0.39 is 0 Å². The van der Waals surface area contributed by atoms with Gasteiger partial charge in [-0.25, -0.2) is 0 Å². The molecule has 0 aliphatic heterocycles. The maximum Gasteiger partial charge on any atom is -0.00853 e. The van der Waals surface area contributed by atoms with Crippen LogP contribution in [0.5, 0.6) is 0 Å². The topological polar surface area (TPSA) is 0 Å². The van der Waals surface area contributed by atoms with Crippen LogP contribution >= 0.6 is 0 Å². The lowest BCUT2D eigenvalue weighted by Gasteiger charge is -2.57. The first kappa shape index (κ1) is 21.6. The molecular formula is C30H50. The molecule has 5 aliphatic rings. The van der Waals surface area contributed by atoms with Gasteiger partial charge in [0.1, 0.15) is 0 Å². The van der Waals surface area contributed by atoms with E-state index in [2.05, 4.69) is 33.8 Å². The molecular weight excluding hydrogens is 360 g/mol. The smallest absolute Gasteiger partial charge is 0.00853 e. The Morgan fingerprint density at radius 3 is 2.40 bits per heavy atom. The fourth-order valence-corrected chi connectivity index (χ4v) is 9.68. The zero-order valence-corrected chi connectivity index (χ0v) is 20.8. The Hall–Kier alpha value is -0.260. The van der Waals surface area contributed by atoms with E-state index in [4.69, 9.17) is 0 Å². The van der Waals surface area contributed by atoms with Crippen LogP contribution in [0.4, 0.5) is 0 Å². The van der Waals surface area contributed by atoms with Gasteiger partial charge in [-0.3, -0.25) is 0 Å². The second-order valence-electron chi connectivity index (χ2n) is 13.8. The van der Waals surface area contributed by atoms with Crippen molar-refractivity contribution < 1.29 is 0 Å².